The lowest BCUT2D eigenvalue weighted by Crippen LogP contribution is -2.07. The largest absolute Gasteiger partial charge is 0.316 e. The van der Waals surface area contributed by atoms with Gasteiger partial charge in [-0.3, -0.25) is 0 Å². The average Bonchev–Trinajstić information content (AvgIpc) is 2.69. The molecule has 1 N–H and O–H groups in total. The van der Waals surface area contributed by atoms with Crippen LogP contribution in [0.3, 0.4) is 0 Å². The van der Waals surface area contributed by atoms with Crippen molar-refractivity contribution in [2.45, 2.75) is 32.6 Å². The molecular formula is C10H17N3S. The summed E-state index contributed by atoms with van der Waals surface area (Å²) in [6, 6.07) is 0. The van der Waals surface area contributed by atoms with Crippen LogP contribution in [0.2, 0.25) is 0 Å². The molecule has 0 amide bonds. The Morgan fingerprint density at radius 3 is 3.00 bits per heavy atom. The predicted molar refractivity (Wildman–Crippen MR) is 58.7 cm³/mol. The van der Waals surface area contributed by atoms with Gasteiger partial charge < -0.3 is 5.32 Å². The van der Waals surface area contributed by atoms with Crippen molar-refractivity contribution in [1.29, 1.82) is 0 Å². The summed E-state index contributed by atoms with van der Waals surface area (Å²) in [4.78, 5) is 0. The maximum absolute atomic E-state index is 4.28. The number of nitrogens with one attached hydrogen (secondary N) is 1. The van der Waals surface area contributed by atoms with Gasteiger partial charge in [0.05, 0.1) is 0 Å². The molecule has 1 aromatic rings. The Morgan fingerprint density at radius 2 is 2.36 bits per heavy atom. The molecule has 3 nitrogen and oxygen atoms in total. The summed E-state index contributed by atoms with van der Waals surface area (Å²) in [6.45, 7) is 6.65. The fourth-order valence-electron chi connectivity index (χ4n) is 1.73. The van der Waals surface area contributed by atoms with E-state index in [0.717, 1.165) is 19.5 Å². The Labute approximate surface area is 88.9 Å². The van der Waals surface area contributed by atoms with Crippen LogP contribution in [0.25, 0.3) is 0 Å². The maximum atomic E-state index is 4.28. The molecule has 1 aliphatic heterocycles. The highest BCUT2D eigenvalue weighted by molar-refractivity contribution is 7.11. The average molecular weight is 211 g/mol. The highest BCUT2D eigenvalue weighted by Gasteiger charge is 2.20. The fourth-order valence-corrected chi connectivity index (χ4v) is 2.92. The Morgan fingerprint density at radius 1 is 1.50 bits per heavy atom. The van der Waals surface area contributed by atoms with Crippen LogP contribution in [0, 0.1) is 5.92 Å². The minimum atomic E-state index is 0.619. The van der Waals surface area contributed by atoms with Crippen LogP contribution in [0.4, 0.5) is 0 Å². The monoisotopic (exact) mass is 211 g/mol. The number of aromatic nitrogens is 2. The molecule has 14 heavy (non-hydrogen) atoms. The highest BCUT2D eigenvalue weighted by Crippen LogP contribution is 2.26. The van der Waals surface area contributed by atoms with E-state index in [1.165, 1.54) is 16.4 Å². The smallest absolute Gasteiger partial charge is 0.121 e. The Bertz CT molecular complexity index is 289. The molecule has 1 atom stereocenters. The van der Waals surface area contributed by atoms with Gasteiger partial charge in [0.15, 0.2) is 0 Å². The summed E-state index contributed by atoms with van der Waals surface area (Å²) in [5.74, 6) is 1.30. The molecule has 2 rings (SSSR count). The van der Waals surface area contributed by atoms with Gasteiger partial charge in [0.25, 0.3) is 0 Å². The third-order valence-corrected chi connectivity index (χ3v) is 3.58. The predicted octanol–water partition coefficient (Wildman–Crippen LogP) is 1.81. The molecule has 78 valence electrons. The maximum Gasteiger partial charge on any atom is 0.121 e. The number of hydrogen-bond donors (Lipinski definition) is 1. The molecule has 0 aromatic carbocycles. The molecule has 0 saturated carbocycles. The summed E-state index contributed by atoms with van der Waals surface area (Å²) in [5, 5.41) is 14.3. The van der Waals surface area contributed by atoms with E-state index in [1.54, 1.807) is 11.3 Å². The van der Waals surface area contributed by atoms with Gasteiger partial charge in [-0.05, 0) is 18.9 Å². The van der Waals surface area contributed by atoms with Crippen LogP contribution in [0.15, 0.2) is 0 Å². The first kappa shape index (κ1) is 10.1. The zero-order valence-electron chi connectivity index (χ0n) is 8.79. The zero-order valence-corrected chi connectivity index (χ0v) is 9.60. The first-order valence-electron chi connectivity index (χ1n) is 5.28. The van der Waals surface area contributed by atoms with Crippen molar-refractivity contribution in [1.82, 2.24) is 15.5 Å². The molecule has 0 aliphatic carbocycles. The van der Waals surface area contributed by atoms with Gasteiger partial charge in [0, 0.05) is 18.9 Å². The minimum Gasteiger partial charge on any atom is -0.316 e. The topological polar surface area (TPSA) is 37.8 Å². The fraction of sp³-hybridized carbons (Fsp3) is 0.800. The van der Waals surface area contributed by atoms with Crippen LogP contribution >= 0.6 is 11.3 Å². The third kappa shape index (κ3) is 2.30. The number of hydrogen-bond acceptors (Lipinski definition) is 4. The Kier molecular flexibility index (Phi) is 3.13. The van der Waals surface area contributed by atoms with E-state index in [2.05, 4.69) is 29.4 Å². The van der Waals surface area contributed by atoms with Crippen molar-refractivity contribution in [3.05, 3.63) is 10.0 Å². The van der Waals surface area contributed by atoms with Crippen molar-refractivity contribution >= 4 is 11.3 Å². The number of nitrogens with zero attached hydrogens (tertiary/aromatic N) is 2. The second kappa shape index (κ2) is 4.36. The lowest BCUT2D eigenvalue weighted by Gasteiger charge is -2.00. The SMILES string of the molecule is CC(C)Cc1nnc(C2CCNC2)s1. The molecule has 1 saturated heterocycles. The van der Waals surface area contributed by atoms with Crippen LogP contribution in [0.1, 0.15) is 36.2 Å². The van der Waals surface area contributed by atoms with E-state index in [4.69, 9.17) is 0 Å². The molecule has 1 aromatic heterocycles. The molecule has 0 bridgehead atoms. The quantitative estimate of drug-likeness (QED) is 0.828. The van der Waals surface area contributed by atoms with E-state index >= 15 is 0 Å². The minimum absolute atomic E-state index is 0.619. The molecule has 4 heteroatoms. The molecule has 0 spiro atoms. The van der Waals surface area contributed by atoms with Crippen molar-refractivity contribution in [2.24, 2.45) is 5.92 Å². The summed E-state index contributed by atoms with van der Waals surface area (Å²) in [5.41, 5.74) is 0. The summed E-state index contributed by atoms with van der Waals surface area (Å²) < 4.78 is 0. The van der Waals surface area contributed by atoms with Crippen LogP contribution in [0.5, 0.6) is 0 Å². The summed E-state index contributed by atoms with van der Waals surface area (Å²) in [6.07, 6.45) is 2.29. The van der Waals surface area contributed by atoms with E-state index < -0.39 is 0 Å². The van der Waals surface area contributed by atoms with Crippen LogP contribution in [-0.2, 0) is 6.42 Å². The van der Waals surface area contributed by atoms with Gasteiger partial charge in [0.1, 0.15) is 10.0 Å². The van der Waals surface area contributed by atoms with E-state index in [1.807, 2.05) is 0 Å². The number of rotatable bonds is 3. The molecule has 1 fully saturated rings. The first-order valence-corrected chi connectivity index (χ1v) is 6.10. The molecule has 1 unspecified atom stereocenters. The lowest BCUT2D eigenvalue weighted by atomic mass is 10.1. The molecular weight excluding hydrogens is 194 g/mol. The van der Waals surface area contributed by atoms with Crippen molar-refractivity contribution in [2.75, 3.05) is 13.1 Å². The second-order valence-corrected chi connectivity index (χ2v) is 5.42. The molecule has 0 radical (unpaired) electrons. The van der Waals surface area contributed by atoms with Gasteiger partial charge in [-0.25, -0.2) is 0 Å². The standard InChI is InChI=1S/C10H17N3S/c1-7(2)5-9-12-13-10(14-9)8-3-4-11-6-8/h7-8,11H,3-6H2,1-2H3. The van der Waals surface area contributed by atoms with Gasteiger partial charge in [-0.1, -0.05) is 13.8 Å². The Hall–Kier alpha value is -0.480. The normalized spacial score (nSPS) is 22.1. The van der Waals surface area contributed by atoms with Crippen molar-refractivity contribution in [3.8, 4) is 0 Å². The van der Waals surface area contributed by atoms with E-state index in [0.29, 0.717) is 11.8 Å². The van der Waals surface area contributed by atoms with Crippen LogP contribution in [-0.4, -0.2) is 23.3 Å². The van der Waals surface area contributed by atoms with Gasteiger partial charge >= 0.3 is 0 Å². The van der Waals surface area contributed by atoms with Crippen molar-refractivity contribution < 1.29 is 0 Å². The van der Waals surface area contributed by atoms with E-state index in [9.17, 15) is 0 Å². The van der Waals surface area contributed by atoms with Gasteiger partial charge in [-0.15, -0.1) is 21.5 Å². The highest BCUT2D eigenvalue weighted by atomic mass is 32.1. The first-order chi connectivity index (χ1) is 6.75. The van der Waals surface area contributed by atoms with Gasteiger partial charge in [-0.2, -0.15) is 0 Å². The molecule has 1 aliphatic rings. The summed E-state index contributed by atoms with van der Waals surface area (Å²) in [7, 11) is 0. The van der Waals surface area contributed by atoms with Gasteiger partial charge in [0.2, 0.25) is 0 Å². The van der Waals surface area contributed by atoms with Crippen LogP contribution < -0.4 is 5.32 Å². The second-order valence-electron chi connectivity index (χ2n) is 4.32. The van der Waals surface area contributed by atoms with E-state index in [-0.39, 0.29) is 0 Å². The lowest BCUT2D eigenvalue weighted by molar-refractivity contribution is 0.638. The summed E-state index contributed by atoms with van der Waals surface area (Å²) >= 11 is 1.80. The third-order valence-electron chi connectivity index (χ3n) is 2.47. The van der Waals surface area contributed by atoms with Crippen molar-refractivity contribution in [3.63, 3.8) is 0 Å². The molecule has 2 heterocycles. The zero-order chi connectivity index (χ0) is 9.97. The Balaban J connectivity index is 2.01.